The Morgan fingerprint density at radius 3 is 3.00 bits per heavy atom. The van der Waals surface area contributed by atoms with Gasteiger partial charge < -0.3 is 9.84 Å². The number of likely N-dealkylation sites (N-methyl/N-ethyl adjacent to an activating group) is 1. The summed E-state index contributed by atoms with van der Waals surface area (Å²) < 4.78 is 7.25. The molecule has 1 aromatic rings. The van der Waals surface area contributed by atoms with Crippen molar-refractivity contribution >= 4 is 5.97 Å². The number of carbonyl (C=O) groups is 1. The van der Waals surface area contributed by atoms with Gasteiger partial charge in [-0.3, -0.25) is 9.58 Å². The van der Waals surface area contributed by atoms with Crippen molar-refractivity contribution in [3.05, 3.63) is 18.0 Å². The van der Waals surface area contributed by atoms with Gasteiger partial charge >= 0.3 is 5.97 Å². The van der Waals surface area contributed by atoms with Crippen LogP contribution in [-0.4, -0.2) is 51.6 Å². The molecule has 1 fully saturated rings. The summed E-state index contributed by atoms with van der Waals surface area (Å²) >= 11 is 0. The maximum Gasteiger partial charge on any atom is 0.332 e. The molecule has 0 aliphatic carbocycles. The quantitative estimate of drug-likeness (QED) is 0.827. The first-order valence-electron chi connectivity index (χ1n) is 6.09. The number of hydrogen-bond donors (Lipinski definition) is 1. The molecule has 0 spiro atoms. The van der Waals surface area contributed by atoms with E-state index in [9.17, 15) is 4.79 Å². The number of nitrogens with zero attached hydrogens (tertiary/aromatic N) is 3. The van der Waals surface area contributed by atoms with E-state index in [0.29, 0.717) is 6.42 Å². The van der Waals surface area contributed by atoms with Crippen LogP contribution in [0, 0.1) is 0 Å². The highest BCUT2D eigenvalue weighted by molar-refractivity contribution is 5.72. The minimum absolute atomic E-state index is 0.0211. The number of ether oxygens (including phenoxy) is 1. The normalized spacial score (nSPS) is 23.7. The van der Waals surface area contributed by atoms with Gasteiger partial charge in [0.05, 0.1) is 12.3 Å². The van der Waals surface area contributed by atoms with Crippen molar-refractivity contribution < 1.29 is 14.6 Å². The first-order chi connectivity index (χ1) is 8.54. The van der Waals surface area contributed by atoms with Gasteiger partial charge in [-0.25, -0.2) is 4.79 Å². The Labute approximate surface area is 106 Å². The molecule has 1 aliphatic heterocycles. The maximum atomic E-state index is 10.8. The molecule has 1 aromatic heterocycles. The minimum Gasteiger partial charge on any atom is -0.479 e. The number of aliphatic carboxylic acids is 1. The Morgan fingerprint density at radius 2 is 2.44 bits per heavy atom. The topological polar surface area (TPSA) is 67.6 Å². The molecular formula is C12H19N3O3. The number of hydrogen-bond acceptors (Lipinski definition) is 4. The van der Waals surface area contributed by atoms with Gasteiger partial charge in [0.25, 0.3) is 0 Å². The summed E-state index contributed by atoms with van der Waals surface area (Å²) in [6, 6.07) is 0. The lowest BCUT2D eigenvalue weighted by Gasteiger charge is -2.20. The zero-order valence-electron chi connectivity index (χ0n) is 10.7. The van der Waals surface area contributed by atoms with E-state index >= 15 is 0 Å². The van der Waals surface area contributed by atoms with Crippen molar-refractivity contribution in [3.8, 4) is 0 Å². The molecule has 0 amide bonds. The van der Waals surface area contributed by atoms with Gasteiger partial charge in [0.15, 0.2) is 6.10 Å². The van der Waals surface area contributed by atoms with Crippen LogP contribution in [0.5, 0.6) is 0 Å². The Morgan fingerprint density at radius 1 is 1.67 bits per heavy atom. The van der Waals surface area contributed by atoms with Crippen LogP contribution in [0.4, 0.5) is 0 Å². The average molecular weight is 253 g/mol. The lowest BCUT2D eigenvalue weighted by molar-refractivity contribution is -0.149. The molecule has 2 heterocycles. The highest BCUT2D eigenvalue weighted by Crippen LogP contribution is 2.20. The summed E-state index contributed by atoms with van der Waals surface area (Å²) in [5.41, 5.74) is 1.15. The fraction of sp³-hybridized carbons (Fsp3) is 0.667. The van der Waals surface area contributed by atoms with Crippen LogP contribution in [0.3, 0.4) is 0 Å². The van der Waals surface area contributed by atoms with Crippen LogP contribution in [0.2, 0.25) is 0 Å². The van der Waals surface area contributed by atoms with Crippen molar-refractivity contribution in [2.24, 2.45) is 7.05 Å². The summed E-state index contributed by atoms with van der Waals surface area (Å²) in [5.74, 6) is -0.854. The zero-order valence-corrected chi connectivity index (χ0v) is 10.7. The van der Waals surface area contributed by atoms with Crippen LogP contribution in [0.25, 0.3) is 0 Å². The van der Waals surface area contributed by atoms with Crippen LogP contribution in [-0.2, 0) is 23.1 Å². The lowest BCUT2D eigenvalue weighted by atomic mass is 10.2. The van der Waals surface area contributed by atoms with Gasteiger partial charge in [0.2, 0.25) is 0 Å². The Bertz CT molecular complexity index is 418. The van der Waals surface area contributed by atoms with E-state index in [4.69, 9.17) is 9.84 Å². The van der Waals surface area contributed by atoms with E-state index in [-0.39, 0.29) is 6.10 Å². The Kier molecular flexibility index (Phi) is 3.98. The van der Waals surface area contributed by atoms with E-state index < -0.39 is 12.1 Å². The highest BCUT2D eigenvalue weighted by atomic mass is 16.5. The van der Waals surface area contributed by atoms with E-state index in [1.54, 1.807) is 4.68 Å². The SMILES string of the molecule is CN(Cc1cnn(C)c1)CC1CCC(C(=O)O)O1. The van der Waals surface area contributed by atoms with Crippen LogP contribution in [0.15, 0.2) is 12.4 Å². The van der Waals surface area contributed by atoms with Gasteiger partial charge in [-0.2, -0.15) is 5.10 Å². The first-order valence-corrected chi connectivity index (χ1v) is 6.09. The number of aryl methyl sites for hydroxylation is 1. The second-order valence-corrected chi connectivity index (χ2v) is 4.88. The van der Waals surface area contributed by atoms with Gasteiger partial charge in [0, 0.05) is 31.9 Å². The molecule has 0 radical (unpaired) electrons. The molecule has 6 heteroatoms. The smallest absolute Gasteiger partial charge is 0.332 e. The molecular weight excluding hydrogens is 234 g/mol. The van der Waals surface area contributed by atoms with Crippen LogP contribution in [0.1, 0.15) is 18.4 Å². The fourth-order valence-electron chi connectivity index (χ4n) is 2.30. The maximum absolute atomic E-state index is 10.8. The average Bonchev–Trinajstić information content (AvgIpc) is 2.88. The molecule has 0 bridgehead atoms. The van der Waals surface area contributed by atoms with Crippen molar-refractivity contribution in [1.29, 1.82) is 0 Å². The molecule has 2 rings (SSSR count). The monoisotopic (exact) mass is 253 g/mol. The molecule has 18 heavy (non-hydrogen) atoms. The van der Waals surface area contributed by atoms with Gasteiger partial charge in [-0.15, -0.1) is 0 Å². The summed E-state index contributed by atoms with van der Waals surface area (Å²) in [6.07, 6.45) is 4.64. The van der Waals surface area contributed by atoms with Gasteiger partial charge in [-0.05, 0) is 19.9 Å². The van der Waals surface area contributed by atoms with Crippen molar-refractivity contribution in [3.63, 3.8) is 0 Å². The van der Waals surface area contributed by atoms with Crippen LogP contribution < -0.4 is 0 Å². The summed E-state index contributed by atoms with van der Waals surface area (Å²) in [6.45, 7) is 1.55. The Balaban J connectivity index is 1.78. The molecule has 6 nitrogen and oxygen atoms in total. The molecule has 1 aliphatic rings. The number of carboxylic acid groups (broad SMARTS) is 1. The number of carboxylic acids is 1. The van der Waals surface area contributed by atoms with Gasteiger partial charge in [-0.1, -0.05) is 0 Å². The second kappa shape index (κ2) is 5.49. The third kappa shape index (κ3) is 3.30. The predicted molar refractivity (Wildman–Crippen MR) is 65.1 cm³/mol. The molecule has 2 unspecified atom stereocenters. The molecule has 0 aromatic carbocycles. The largest absolute Gasteiger partial charge is 0.479 e. The van der Waals surface area contributed by atoms with Crippen molar-refractivity contribution in [1.82, 2.24) is 14.7 Å². The standard InChI is InChI=1S/C12H19N3O3/c1-14(6-9-5-13-15(2)7-9)8-10-3-4-11(18-10)12(16)17/h5,7,10-11H,3-4,6,8H2,1-2H3,(H,16,17). The summed E-state index contributed by atoms with van der Waals surface area (Å²) in [4.78, 5) is 12.9. The molecule has 100 valence electrons. The molecule has 1 N–H and O–H groups in total. The van der Waals surface area contributed by atoms with E-state index in [2.05, 4.69) is 10.00 Å². The molecule has 1 saturated heterocycles. The summed E-state index contributed by atoms with van der Waals surface area (Å²) in [5, 5.41) is 13.0. The fourth-order valence-corrected chi connectivity index (χ4v) is 2.30. The Hall–Kier alpha value is -1.40. The molecule has 2 atom stereocenters. The summed E-state index contributed by atoms with van der Waals surface area (Å²) in [7, 11) is 3.89. The number of rotatable bonds is 5. The number of aromatic nitrogens is 2. The predicted octanol–water partition coefficient (Wildman–Crippen LogP) is 0.484. The first kappa shape index (κ1) is 13.0. The van der Waals surface area contributed by atoms with Crippen LogP contribution >= 0.6 is 0 Å². The van der Waals surface area contributed by atoms with E-state index in [1.807, 2.05) is 26.5 Å². The molecule has 0 saturated carbocycles. The zero-order chi connectivity index (χ0) is 13.1. The minimum atomic E-state index is -0.854. The third-order valence-electron chi connectivity index (χ3n) is 3.11. The lowest BCUT2D eigenvalue weighted by Crippen LogP contribution is -2.30. The second-order valence-electron chi connectivity index (χ2n) is 4.88. The highest BCUT2D eigenvalue weighted by Gasteiger charge is 2.30. The third-order valence-corrected chi connectivity index (χ3v) is 3.11. The van der Waals surface area contributed by atoms with E-state index in [0.717, 1.165) is 25.1 Å². The van der Waals surface area contributed by atoms with Gasteiger partial charge in [0.1, 0.15) is 0 Å². The van der Waals surface area contributed by atoms with Crippen molar-refractivity contribution in [2.45, 2.75) is 31.6 Å². The van der Waals surface area contributed by atoms with Crippen molar-refractivity contribution in [2.75, 3.05) is 13.6 Å². The van der Waals surface area contributed by atoms with E-state index in [1.165, 1.54) is 0 Å².